The van der Waals surface area contributed by atoms with Crippen molar-refractivity contribution in [3.63, 3.8) is 0 Å². The highest BCUT2D eigenvalue weighted by atomic mass is 32.2. The lowest BCUT2D eigenvalue weighted by Crippen LogP contribution is -2.42. The Hall–Kier alpha value is -3.80. The van der Waals surface area contributed by atoms with E-state index in [2.05, 4.69) is 5.32 Å². The first-order chi connectivity index (χ1) is 22.2. The van der Waals surface area contributed by atoms with Crippen LogP contribution in [0.1, 0.15) is 49.0 Å². The molecule has 1 aliphatic heterocycles. The number of phenolic OH excluding ortho intramolecular Hbond substituents is 1. The molecule has 3 unspecified atom stereocenters. The number of thiocarbonyl (C=S) groups is 1. The van der Waals surface area contributed by atoms with Crippen LogP contribution in [0.25, 0.3) is 17.4 Å². The van der Waals surface area contributed by atoms with Gasteiger partial charge in [-0.15, -0.1) is 0 Å². The van der Waals surface area contributed by atoms with E-state index in [0.29, 0.717) is 69.9 Å². The molecule has 4 N–H and O–H groups in total. The van der Waals surface area contributed by atoms with Crippen LogP contribution >= 0.6 is 24.0 Å². The number of amides is 2. The fourth-order valence-electron chi connectivity index (χ4n) is 6.86. The summed E-state index contributed by atoms with van der Waals surface area (Å²) in [5.41, 5.74) is 8.70. The summed E-state index contributed by atoms with van der Waals surface area (Å²) in [6.07, 6.45) is 8.04. The van der Waals surface area contributed by atoms with Gasteiger partial charge in [0.25, 0.3) is 5.91 Å². The molecule has 3 fully saturated rings. The van der Waals surface area contributed by atoms with Gasteiger partial charge in [-0.3, -0.25) is 14.5 Å². The molecule has 46 heavy (non-hydrogen) atoms. The average molecular weight is 662 g/mol. The quantitative estimate of drug-likeness (QED) is 0.128. The van der Waals surface area contributed by atoms with E-state index in [-0.39, 0.29) is 23.6 Å². The van der Waals surface area contributed by atoms with Crippen molar-refractivity contribution in [2.45, 2.75) is 57.0 Å². The smallest absolute Gasteiger partial charge is 0.266 e. The minimum absolute atomic E-state index is 0.0469. The molecule has 2 heterocycles. The Morgan fingerprint density at radius 1 is 1.15 bits per heavy atom. The van der Waals surface area contributed by atoms with Crippen LogP contribution in [0.2, 0.25) is 0 Å². The largest absolute Gasteiger partial charge is 0.508 e. The van der Waals surface area contributed by atoms with Crippen LogP contribution in [0.4, 0.5) is 0 Å². The molecule has 3 aromatic rings. The maximum atomic E-state index is 13.7. The molecule has 11 heteroatoms. The molecule has 9 nitrogen and oxygen atoms in total. The van der Waals surface area contributed by atoms with Gasteiger partial charge in [-0.05, 0) is 91.8 Å². The van der Waals surface area contributed by atoms with Crippen LogP contribution in [0, 0.1) is 11.8 Å². The first-order valence-corrected chi connectivity index (χ1v) is 16.9. The van der Waals surface area contributed by atoms with Gasteiger partial charge in [-0.2, -0.15) is 0 Å². The number of aryl methyl sites for hydroxylation is 1. The zero-order chi connectivity index (χ0) is 32.4. The van der Waals surface area contributed by atoms with Crippen molar-refractivity contribution >= 4 is 46.2 Å². The summed E-state index contributed by atoms with van der Waals surface area (Å²) in [4.78, 5) is 28.8. The molecule has 2 amide bonds. The fraction of sp³-hybridized carbons (Fsp3) is 0.400. The summed E-state index contributed by atoms with van der Waals surface area (Å²) in [6, 6.07) is 13.7. The molecule has 0 radical (unpaired) electrons. The second-order valence-corrected chi connectivity index (χ2v) is 13.9. The molecule has 6 rings (SSSR count). The number of ether oxygens (including phenoxy) is 2. The monoisotopic (exact) mass is 661 g/mol. The molecule has 1 saturated heterocycles. The van der Waals surface area contributed by atoms with E-state index in [1.807, 2.05) is 29.2 Å². The number of fused-ring (bicyclic) bond motifs is 2. The number of aromatic hydroxyl groups is 1. The van der Waals surface area contributed by atoms with E-state index >= 15 is 0 Å². The molecular weight excluding hydrogens is 623 g/mol. The molecule has 2 bridgehead atoms. The maximum absolute atomic E-state index is 13.7. The summed E-state index contributed by atoms with van der Waals surface area (Å²) in [7, 11) is 3.20. The molecule has 2 saturated carbocycles. The number of nitrogens with one attached hydrogen (secondary N) is 1. The van der Waals surface area contributed by atoms with E-state index < -0.39 is 6.04 Å². The lowest BCUT2D eigenvalue weighted by atomic mass is 9.94. The Balaban J connectivity index is 1.18. The standard InChI is InChI=1S/C35H39N3O6S2/c1-42-26-15-24(16-27(18-26)43-2)30-17-23(4-3-11-37-33(40)28(36)13-20-6-9-25(39)10-7-20)31(44-30)19-32-34(41)38(35(45)46-32)29-14-21-5-8-22(29)12-21/h6-7,9-10,15-19,21-22,28-29,39H,3-5,8,11-14,36H2,1-2H3,(H,37,40)/t21?,22?,28-,29?/m0/s1. The zero-order valence-electron chi connectivity index (χ0n) is 26.0. The number of carbonyl (C=O) groups is 2. The van der Waals surface area contributed by atoms with E-state index in [1.165, 1.54) is 31.0 Å². The second kappa shape index (κ2) is 13.9. The molecule has 2 aliphatic carbocycles. The van der Waals surface area contributed by atoms with Crippen LogP contribution in [-0.2, 0) is 22.4 Å². The number of nitrogens with zero attached hydrogens (tertiary/aromatic N) is 1. The second-order valence-electron chi connectivity index (χ2n) is 12.3. The summed E-state index contributed by atoms with van der Waals surface area (Å²) < 4.78 is 18.0. The number of thioether (sulfide) groups is 1. The van der Waals surface area contributed by atoms with Crippen molar-refractivity contribution in [3.05, 3.63) is 70.3 Å². The van der Waals surface area contributed by atoms with Gasteiger partial charge in [-0.1, -0.05) is 42.5 Å². The molecule has 242 valence electrons. The summed E-state index contributed by atoms with van der Waals surface area (Å²) >= 11 is 7.06. The maximum Gasteiger partial charge on any atom is 0.266 e. The summed E-state index contributed by atoms with van der Waals surface area (Å²) in [6.45, 7) is 0.418. The Kier molecular flexibility index (Phi) is 9.72. The number of hydrogen-bond acceptors (Lipinski definition) is 9. The summed E-state index contributed by atoms with van der Waals surface area (Å²) in [5.74, 6) is 3.57. The molecule has 2 aromatic carbocycles. The molecule has 3 aliphatic rings. The van der Waals surface area contributed by atoms with Gasteiger partial charge in [0.2, 0.25) is 5.91 Å². The van der Waals surface area contributed by atoms with E-state index in [0.717, 1.165) is 23.1 Å². The van der Waals surface area contributed by atoms with Gasteiger partial charge < -0.3 is 30.0 Å². The number of carbonyl (C=O) groups excluding carboxylic acids is 2. The van der Waals surface area contributed by atoms with Crippen LogP contribution < -0.4 is 20.5 Å². The lowest BCUT2D eigenvalue weighted by Gasteiger charge is -2.30. The number of rotatable bonds is 12. The highest BCUT2D eigenvalue weighted by Gasteiger charge is 2.48. The molecule has 4 atom stereocenters. The summed E-state index contributed by atoms with van der Waals surface area (Å²) in [5, 5.41) is 12.4. The molecule has 1 aromatic heterocycles. The number of methoxy groups -OCH3 is 2. The first kappa shape index (κ1) is 32.2. The zero-order valence-corrected chi connectivity index (χ0v) is 27.6. The number of furan rings is 1. The van der Waals surface area contributed by atoms with Crippen LogP contribution in [0.15, 0.2) is 57.9 Å². The Labute approximate surface area is 278 Å². The Morgan fingerprint density at radius 2 is 1.89 bits per heavy atom. The van der Waals surface area contributed by atoms with Gasteiger partial charge in [0.1, 0.15) is 33.1 Å². The number of nitrogens with two attached hydrogens (primary N) is 1. The third-order valence-corrected chi connectivity index (χ3v) is 10.6. The van der Waals surface area contributed by atoms with Crippen molar-refractivity contribution in [2.24, 2.45) is 17.6 Å². The van der Waals surface area contributed by atoms with Crippen LogP contribution in [0.3, 0.4) is 0 Å². The van der Waals surface area contributed by atoms with E-state index in [4.69, 9.17) is 31.8 Å². The van der Waals surface area contributed by atoms with Gasteiger partial charge in [0, 0.05) is 30.3 Å². The first-order valence-electron chi connectivity index (χ1n) is 15.7. The third-order valence-electron chi connectivity index (χ3n) is 9.25. The molecular formula is C35H39N3O6S2. The van der Waals surface area contributed by atoms with Gasteiger partial charge in [0.05, 0.1) is 25.2 Å². The highest BCUT2D eigenvalue weighted by molar-refractivity contribution is 8.26. The predicted molar refractivity (Wildman–Crippen MR) is 183 cm³/mol. The Morgan fingerprint density at radius 3 is 2.54 bits per heavy atom. The fourth-order valence-corrected chi connectivity index (χ4v) is 8.21. The van der Waals surface area contributed by atoms with Crippen molar-refractivity contribution in [1.29, 1.82) is 0 Å². The average Bonchev–Trinajstić information content (AvgIpc) is 3.84. The highest BCUT2D eigenvalue weighted by Crippen LogP contribution is 2.49. The van der Waals surface area contributed by atoms with Crippen molar-refractivity contribution in [2.75, 3.05) is 20.8 Å². The van der Waals surface area contributed by atoms with Crippen LogP contribution in [0.5, 0.6) is 17.2 Å². The minimum atomic E-state index is -0.708. The molecule has 0 spiro atoms. The lowest BCUT2D eigenvalue weighted by molar-refractivity contribution is -0.124. The SMILES string of the molecule is COc1cc(OC)cc(-c2cc(CCCNC(=O)[C@@H](N)Cc3ccc(O)cc3)c(C=C3SC(=S)N(C4CC5CCC4C5)C3=O)o2)c1. The predicted octanol–water partition coefficient (Wildman–Crippen LogP) is 5.68. The topological polar surface area (TPSA) is 127 Å². The minimum Gasteiger partial charge on any atom is -0.508 e. The van der Waals surface area contributed by atoms with Gasteiger partial charge >= 0.3 is 0 Å². The van der Waals surface area contributed by atoms with Crippen molar-refractivity contribution in [3.8, 4) is 28.6 Å². The normalized spacial score (nSPS) is 22.1. The number of benzene rings is 2. The van der Waals surface area contributed by atoms with Gasteiger partial charge in [0.15, 0.2) is 0 Å². The third kappa shape index (κ3) is 6.96. The van der Waals surface area contributed by atoms with Crippen molar-refractivity contribution in [1.82, 2.24) is 10.2 Å². The number of hydrogen-bond donors (Lipinski definition) is 3. The van der Waals surface area contributed by atoms with E-state index in [1.54, 1.807) is 44.6 Å². The van der Waals surface area contributed by atoms with E-state index in [9.17, 15) is 14.7 Å². The van der Waals surface area contributed by atoms with Gasteiger partial charge in [-0.25, -0.2) is 0 Å². The Bertz CT molecular complexity index is 1630. The number of phenols is 1. The van der Waals surface area contributed by atoms with Crippen molar-refractivity contribution < 1.29 is 28.6 Å². The van der Waals surface area contributed by atoms with Crippen LogP contribution in [-0.4, -0.2) is 59.0 Å².